The van der Waals surface area contributed by atoms with E-state index in [9.17, 15) is 0 Å². The quantitative estimate of drug-likeness (QED) is 0.761. The van der Waals surface area contributed by atoms with E-state index in [1.807, 2.05) is 0 Å². The summed E-state index contributed by atoms with van der Waals surface area (Å²) in [6.07, 6.45) is 1.54. The summed E-state index contributed by atoms with van der Waals surface area (Å²) in [5.41, 5.74) is 0.602. The van der Waals surface area contributed by atoms with Crippen LogP contribution in [0.3, 0.4) is 0 Å². The van der Waals surface area contributed by atoms with Crippen molar-refractivity contribution in [1.29, 1.82) is 0 Å². The molecule has 0 aliphatic carbocycles. The second kappa shape index (κ2) is 4.67. The summed E-state index contributed by atoms with van der Waals surface area (Å²) in [5.74, 6) is 1.11. The van der Waals surface area contributed by atoms with Crippen LogP contribution in [0.25, 0.3) is 0 Å². The highest BCUT2D eigenvalue weighted by Gasteiger charge is 2.01. The van der Waals surface area contributed by atoms with E-state index in [0.717, 1.165) is 0 Å². The van der Waals surface area contributed by atoms with E-state index in [2.05, 4.69) is 20.4 Å². The predicted molar refractivity (Wildman–Crippen MR) is 53.3 cm³/mol. The standard InChI is InChI=1S/C9H11N5O2/c1-14-12-9(11-13-14)6-16-8-3-2-7(5-15)10-4-8/h2-4,15H,5-6H2,1H3. The molecular weight excluding hydrogens is 210 g/mol. The first-order valence-electron chi connectivity index (χ1n) is 4.69. The molecule has 2 rings (SSSR count). The molecule has 0 fully saturated rings. The Morgan fingerprint density at radius 3 is 2.88 bits per heavy atom. The van der Waals surface area contributed by atoms with Crippen molar-refractivity contribution in [2.75, 3.05) is 0 Å². The molecule has 0 aliphatic rings. The van der Waals surface area contributed by atoms with Crippen LogP contribution in [0.5, 0.6) is 5.75 Å². The zero-order valence-electron chi connectivity index (χ0n) is 8.74. The van der Waals surface area contributed by atoms with E-state index in [4.69, 9.17) is 9.84 Å². The largest absolute Gasteiger partial charge is 0.484 e. The third-order valence-corrected chi connectivity index (χ3v) is 1.88. The van der Waals surface area contributed by atoms with Crippen LogP contribution < -0.4 is 4.74 Å². The van der Waals surface area contributed by atoms with Gasteiger partial charge in [0.25, 0.3) is 0 Å². The zero-order valence-corrected chi connectivity index (χ0v) is 8.74. The molecule has 0 unspecified atom stereocenters. The molecule has 2 aromatic heterocycles. The van der Waals surface area contributed by atoms with Gasteiger partial charge in [-0.25, -0.2) is 0 Å². The van der Waals surface area contributed by atoms with Gasteiger partial charge in [-0.05, 0) is 17.3 Å². The normalized spacial score (nSPS) is 10.4. The lowest BCUT2D eigenvalue weighted by Crippen LogP contribution is -2.00. The fraction of sp³-hybridized carbons (Fsp3) is 0.333. The Morgan fingerprint density at radius 1 is 1.44 bits per heavy atom. The fourth-order valence-corrected chi connectivity index (χ4v) is 1.12. The minimum atomic E-state index is -0.0774. The van der Waals surface area contributed by atoms with Crippen molar-refractivity contribution in [3.05, 3.63) is 29.8 Å². The summed E-state index contributed by atoms with van der Waals surface area (Å²) in [6, 6.07) is 3.42. The smallest absolute Gasteiger partial charge is 0.212 e. The van der Waals surface area contributed by atoms with Gasteiger partial charge < -0.3 is 9.84 Å². The van der Waals surface area contributed by atoms with E-state index < -0.39 is 0 Å². The van der Waals surface area contributed by atoms with Gasteiger partial charge in [0.05, 0.1) is 25.5 Å². The van der Waals surface area contributed by atoms with Gasteiger partial charge in [-0.2, -0.15) is 4.80 Å². The van der Waals surface area contributed by atoms with E-state index in [0.29, 0.717) is 17.3 Å². The number of rotatable bonds is 4. The first-order valence-corrected chi connectivity index (χ1v) is 4.69. The number of hydrogen-bond acceptors (Lipinski definition) is 6. The van der Waals surface area contributed by atoms with Crippen LogP contribution in [0.15, 0.2) is 18.3 Å². The fourth-order valence-electron chi connectivity index (χ4n) is 1.12. The lowest BCUT2D eigenvalue weighted by atomic mass is 10.3. The third kappa shape index (κ3) is 2.51. The minimum Gasteiger partial charge on any atom is -0.484 e. The van der Waals surface area contributed by atoms with Gasteiger partial charge in [0.15, 0.2) is 6.61 Å². The lowest BCUT2D eigenvalue weighted by molar-refractivity contribution is 0.274. The van der Waals surface area contributed by atoms with E-state index >= 15 is 0 Å². The molecule has 0 aliphatic heterocycles. The number of ether oxygens (including phenoxy) is 1. The number of nitrogens with zero attached hydrogens (tertiary/aromatic N) is 5. The van der Waals surface area contributed by atoms with Crippen molar-refractivity contribution >= 4 is 0 Å². The Balaban J connectivity index is 1.94. The van der Waals surface area contributed by atoms with Crippen LogP contribution >= 0.6 is 0 Å². The molecule has 7 nitrogen and oxygen atoms in total. The maximum Gasteiger partial charge on any atom is 0.212 e. The molecule has 1 N–H and O–H groups in total. The Hall–Kier alpha value is -2.02. The average molecular weight is 221 g/mol. The first kappa shape index (κ1) is 10.5. The summed E-state index contributed by atoms with van der Waals surface area (Å²) >= 11 is 0. The molecule has 84 valence electrons. The lowest BCUT2D eigenvalue weighted by Gasteiger charge is -2.02. The van der Waals surface area contributed by atoms with Gasteiger partial charge in [-0.15, -0.1) is 10.2 Å². The van der Waals surface area contributed by atoms with E-state index in [1.165, 1.54) is 4.80 Å². The van der Waals surface area contributed by atoms with Crippen LogP contribution in [-0.2, 0) is 20.3 Å². The summed E-state index contributed by atoms with van der Waals surface area (Å²) in [6.45, 7) is 0.167. The molecule has 0 saturated heterocycles. The average Bonchev–Trinajstić information content (AvgIpc) is 2.73. The number of aliphatic hydroxyl groups is 1. The molecule has 0 aromatic carbocycles. The van der Waals surface area contributed by atoms with Gasteiger partial charge >= 0.3 is 0 Å². The number of aromatic nitrogens is 5. The van der Waals surface area contributed by atoms with Gasteiger partial charge in [0.2, 0.25) is 5.82 Å². The highest BCUT2D eigenvalue weighted by molar-refractivity contribution is 5.19. The highest BCUT2D eigenvalue weighted by Crippen LogP contribution is 2.10. The van der Waals surface area contributed by atoms with Crippen molar-refractivity contribution in [3.63, 3.8) is 0 Å². The summed E-state index contributed by atoms with van der Waals surface area (Å²) in [7, 11) is 1.69. The van der Waals surface area contributed by atoms with Gasteiger partial charge in [0.1, 0.15) is 5.75 Å². The summed E-state index contributed by atoms with van der Waals surface area (Å²) < 4.78 is 5.38. The Bertz CT molecular complexity index is 453. The minimum absolute atomic E-state index is 0.0774. The molecule has 2 aromatic rings. The Kier molecular flexibility index (Phi) is 3.06. The molecule has 16 heavy (non-hydrogen) atoms. The third-order valence-electron chi connectivity index (χ3n) is 1.88. The van der Waals surface area contributed by atoms with Gasteiger partial charge in [0, 0.05) is 0 Å². The van der Waals surface area contributed by atoms with E-state index in [-0.39, 0.29) is 13.2 Å². The zero-order chi connectivity index (χ0) is 11.4. The van der Waals surface area contributed by atoms with Crippen LogP contribution in [-0.4, -0.2) is 30.3 Å². The molecule has 0 spiro atoms. The Labute approximate surface area is 91.7 Å². The van der Waals surface area contributed by atoms with Crippen molar-refractivity contribution in [2.45, 2.75) is 13.2 Å². The van der Waals surface area contributed by atoms with Crippen LogP contribution in [0, 0.1) is 0 Å². The molecular formula is C9H11N5O2. The highest BCUT2D eigenvalue weighted by atomic mass is 16.5. The topological polar surface area (TPSA) is 86.0 Å². The number of hydrogen-bond donors (Lipinski definition) is 1. The molecule has 0 bridgehead atoms. The van der Waals surface area contributed by atoms with Crippen molar-refractivity contribution in [3.8, 4) is 5.75 Å². The van der Waals surface area contributed by atoms with E-state index in [1.54, 1.807) is 25.4 Å². The second-order valence-corrected chi connectivity index (χ2v) is 3.13. The maximum absolute atomic E-state index is 8.80. The SMILES string of the molecule is Cn1nnc(COc2ccc(CO)nc2)n1. The number of aryl methyl sites for hydroxylation is 1. The molecule has 0 radical (unpaired) electrons. The predicted octanol–water partition coefficient (Wildman–Crippen LogP) is -0.324. The number of tetrazole rings is 1. The summed E-state index contributed by atoms with van der Waals surface area (Å²) in [5, 5.41) is 20.2. The van der Waals surface area contributed by atoms with Crippen LogP contribution in [0.4, 0.5) is 0 Å². The first-order chi connectivity index (χ1) is 7.78. The summed E-state index contributed by atoms with van der Waals surface area (Å²) in [4.78, 5) is 5.34. The Morgan fingerprint density at radius 2 is 2.31 bits per heavy atom. The van der Waals surface area contributed by atoms with Crippen molar-refractivity contribution in [1.82, 2.24) is 25.2 Å². The van der Waals surface area contributed by atoms with Gasteiger partial charge in [-0.1, -0.05) is 0 Å². The number of pyridine rings is 1. The van der Waals surface area contributed by atoms with Gasteiger partial charge in [-0.3, -0.25) is 4.98 Å². The van der Waals surface area contributed by atoms with Crippen LogP contribution in [0.1, 0.15) is 11.5 Å². The van der Waals surface area contributed by atoms with Crippen LogP contribution in [0.2, 0.25) is 0 Å². The van der Waals surface area contributed by atoms with Crippen molar-refractivity contribution in [2.24, 2.45) is 7.05 Å². The monoisotopic (exact) mass is 221 g/mol. The molecule has 0 saturated carbocycles. The second-order valence-electron chi connectivity index (χ2n) is 3.13. The molecule has 0 amide bonds. The molecule has 7 heteroatoms. The number of aliphatic hydroxyl groups excluding tert-OH is 1. The maximum atomic E-state index is 8.80. The molecule has 0 atom stereocenters. The molecule has 2 heterocycles. The van der Waals surface area contributed by atoms with Crippen molar-refractivity contribution < 1.29 is 9.84 Å².